The molecular formula is C12H17NO3S. The minimum Gasteiger partial charge on any atom is -0.507 e. The fourth-order valence-electron chi connectivity index (χ4n) is 1.38. The first-order valence-electron chi connectivity index (χ1n) is 5.39. The molecule has 0 heterocycles. The van der Waals surface area contributed by atoms with Gasteiger partial charge in [0.05, 0.1) is 5.56 Å². The Hall–Kier alpha value is -1.36. The van der Waals surface area contributed by atoms with Gasteiger partial charge in [-0.25, -0.2) is 0 Å². The molecular weight excluding hydrogens is 238 g/mol. The lowest BCUT2D eigenvalue weighted by atomic mass is 10.1. The van der Waals surface area contributed by atoms with Crippen LogP contribution in [0.25, 0.3) is 0 Å². The van der Waals surface area contributed by atoms with Gasteiger partial charge in [-0.3, -0.25) is 9.00 Å². The Bertz CT molecular complexity index is 420. The summed E-state index contributed by atoms with van der Waals surface area (Å²) in [5, 5.41) is 12.3. The van der Waals surface area contributed by atoms with Crippen LogP contribution in [0, 0.1) is 0 Å². The van der Waals surface area contributed by atoms with Crippen molar-refractivity contribution in [3.05, 3.63) is 29.8 Å². The van der Waals surface area contributed by atoms with Crippen molar-refractivity contribution in [2.75, 3.05) is 12.0 Å². The number of carbonyl (C=O) groups is 1. The summed E-state index contributed by atoms with van der Waals surface area (Å²) in [5.74, 6) is 0.219. The summed E-state index contributed by atoms with van der Waals surface area (Å²) < 4.78 is 10.9. The first kappa shape index (κ1) is 13.7. The van der Waals surface area contributed by atoms with Gasteiger partial charge in [-0.1, -0.05) is 12.1 Å². The quantitative estimate of drug-likeness (QED) is 0.833. The van der Waals surface area contributed by atoms with Crippen LogP contribution in [0.5, 0.6) is 5.75 Å². The standard InChI is InChI=1S/C12H17NO3S/c1-9(7-8-17(2)16)13-12(15)10-5-3-4-6-11(10)14/h3-6,9,14H,7-8H2,1-2H3,(H,13,15). The average molecular weight is 255 g/mol. The number of benzene rings is 1. The molecule has 1 amide bonds. The molecule has 0 bridgehead atoms. The van der Waals surface area contributed by atoms with Crippen LogP contribution >= 0.6 is 0 Å². The molecule has 1 rings (SSSR count). The molecule has 0 aromatic heterocycles. The molecule has 0 spiro atoms. The van der Waals surface area contributed by atoms with Gasteiger partial charge < -0.3 is 10.4 Å². The second kappa shape index (κ2) is 6.39. The number of hydrogen-bond donors (Lipinski definition) is 2. The summed E-state index contributed by atoms with van der Waals surface area (Å²) >= 11 is 0. The number of hydrogen-bond acceptors (Lipinski definition) is 3. The highest BCUT2D eigenvalue weighted by Crippen LogP contribution is 2.15. The van der Waals surface area contributed by atoms with E-state index < -0.39 is 10.8 Å². The van der Waals surface area contributed by atoms with Gasteiger partial charge in [0.1, 0.15) is 5.75 Å². The summed E-state index contributed by atoms with van der Waals surface area (Å²) in [5.41, 5.74) is 0.261. The highest BCUT2D eigenvalue weighted by molar-refractivity contribution is 7.84. The summed E-state index contributed by atoms with van der Waals surface area (Å²) in [6, 6.07) is 6.33. The third-order valence-corrected chi connectivity index (χ3v) is 3.18. The average Bonchev–Trinajstić information content (AvgIpc) is 2.26. The Morgan fingerprint density at radius 2 is 2.12 bits per heavy atom. The second-order valence-electron chi connectivity index (χ2n) is 3.96. The highest BCUT2D eigenvalue weighted by atomic mass is 32.2. The SMILES string of the molecule is CC(CCS(C)=O)NC(=O)c1ccccc1O. The van der Waals surface area contributed by atoms with Crippen LogP contribution in [-0.4, -0.2) is 33.3 Å². The molecule has 0 saturated carbocycles. The first-order chi connectivity index (χ1) is 8.00. The number of para-hydroxylation sites is 1. The lowest BCUT2D eigenvalue weighted by molar-refractivity contribution is 0.0937. The van der Waals surface area contributed by atoms with Gasteiger partial charge in [0.15, 0.2) is 0 Å². The predicted octanol–water partition coefficient (Wildman–Crippen LogP) is 1.28. The molecule has 0 aliphatic carbocycles. The maximum atomic E-state index is 11.8. The normalized spacial score (nSPS) is 14.0. The van der Waals surface area contributed by atoms with Crippen molar-refractivity contribution < 1.29 is 14.1 Å². The number of phenols is 1. The van der Waals surface area contributed by atoms with E-state index >= 15 is 0 Å². The largest absolute Gasteiger partial charge is 0.507 e. The van der Waals surface area contributed by atoms with Crippen LogP contribution in [-0.2, 0) is 10.8 Å². The topological polar surface area (TPSA) is 66.4 Å². The molecule has 0 fully saturated rings. The summed E-state index contributed by atoms with van der Waals surface area (Å²) in [6.45, 7) is 1.85. The molecule has 2 unspecified atom stereocenters. The third kappa shape index (κ3) is 4.56. The van der Waals surface area contributed by atoms with E-state index in [-0.39, 0.29) is 23.3 Å². The van der Waals surface area contributed by atoms with Crippen molar-refractivity contribution in [2.45, 2.75) is 19.4 Å². The van der Waals surface area contributed by atoms with Gasteiger partial charge in [0, 0.05) is 28.9 Å². The molecule has 0 aliphatic rings. The van der Waals surface area contributed by atoms with Crippen LogP contribution < -0.4 is 5.32 Å². The number of aromatic hydroxyl groups is 1. The number of nitrogens with one attached hydrogen (secondary N) is 1. The van der Waals surface area contributed by atoms with Crippen molar-refractivity contribution in [3.8, 4) is 5.75 Å². The lowest BCUT2D eigenvalue weighted by Crippen LogP contribution is -2.33. The Morgan fingerprint density at radius 1 is 1.47 bits per heavy atom. The third-order valence-electron chi connectivity index (χ3n) is 2.36. The molecule has 94 valence electrons. The predicted molar refractivity (Wildman–Crippen MR) is 68.6 cm³/mol. The highest BCUT2D eigenvalue weighted by Gasteiger charge is 2.12. The van der Waals surface area contributed by atoms with Gasteiger partial charge in [-0.05, 0) is 25.5 Å². The lowest BCUT2D eigenvalue weighted by Gasteiger charge is -2.13. The maximum Gasteiger partial charge on any atom is 0.255 e. The van der Waals surface area contributed by atoms with E-state index in [1.54, 1.807) is 24.5 Å². The van der Waals surface area contributed by atoms with E-state index in [1.165, 1.54) is 6.07 Å². The van der Waals surface area contributed by atoms with E-state index in [2.05, 4.69) is 5.32 Å². The summed E-state index contributed by atoms with van der Waals surface area (Å²) in [7, 11) is -0.851. The van der Waals surface area contributed by atoms with Crippen LogP contribution in [0.2, 0.25) is 0 Å². The molecule has 2 atom stereocenters. The smallest absolute Gasteiger partial charge is 0.255 e. The Balaban J connectivity index is 2.55. The van der Waals surface area contributed by atoms with E-state index in [1.807, 2.05) is 6.92 Å². The number of phenolic OH excluding ortho intramolecular Hbond substituents is 1. The van der Waals surface area contributed by atoms with E-state index in [0.29, 0.717) is 12.2 Å². The summed E-state index contributed by atoms with van der Waals surface area (Å²) in [4.78, 5) is 11.8. The van der Waals surface area contributed by atoms with Crippen LogP contribution in [0.1, 0.15) is 23.7 Å². The number of rotatable bonds is 5. The molecule has 1 aromatic rings. The first-order valence-corrected chi connectivity index (χ1v) is 7.12. The Morgan fingerprint density at radius 3 is 2.71 bits per heavy atom. The van der Waals surface area contributed by atoms with Crippen LogP contribution in [0.3, 0.4) is 0 Å². The maximum absolute atomic E-state index is 11.8. The minimum atomic E-state index is -0.851. The molecule has 2 N–H and O–H groups in total. The van der Waals surface area contributed by atoms with Gasteiger partial charge in [-0.2, -0.15) is 0 Å². The van der Waals surface area contributed by atoms with E-state index in [4.69, 9.17) is 0 Å². The summed E-state index contributed by atoms with van der Waals surface area (Å²) in [6.07, 6.45) is 2.29. The van der Waals surface area contributed by atoms with Crippen molar-refractivity contribution in [2.24, 2.45) is 0 Å². The molecule has 4 nitrogen and oxygen atoms in total. The zero-order chi connectivity index (χ0) is 12.8. The van der Waals surface area contributed by atoms with Crippen LogP contribution in [0.15, 0.2) is 24.3 Å². The van der Waals surface area contributed by atoms with E-state index in [0.717, 1.165) is 0 Å². The monoisotopic (exact) mass is 255 g/mol. The van der Waals surface area contributed by atoms with Crippen molar-refractivity contribution in [1.29, 1.82) is 0 Å². The van der Waals surface area contributed by atoms with Crippen molar-refractivity contribution in [3.63, 3.8) is 0 Å². The molecule has 5 heteroatoms. The molecule has 17 heavy (non-hydrogen) atoms. The zero-order valence-corrected chi connectivity index (χ0v) is 10.8. The Labute approximate surface area is 104 Å². The number of carbonyl (C=O) groups excluding carboxylic acids is 1. The Kier molecular flexibility index (Phi) is 5.15. The molecule has 0 saturated heterocycles. The van der Waals surface area contributed by atoms with Gasteiger partial charge >= 0.3 is 0 Å². The fourth-order valence-corrected chi connectivity index (χ4v) is 2.07. The number of amides is 1. The van der Waals surface area contributed by atoms with Crippen LogP contribution in [0.4, 0.5) is 0 Å². The van der Waals surface area contributed by atoms with E-state index in [9.17, 15) is 14.1 Å². The van der Waals surface area contributed by atoms with Gasteiger partial charge in [0.25, 0.3) is 5.91 Å². The van der Waals surface area contributed by atoms with Crippen molar-refractivity contribution in [1.82, 2.24) is 5.32 Å². The van der Waals surface area contributed by atoms with Gasteiger partial charge in [-0.15, -0.1) is 0 Å². The second-order valence-corrected chi connectivity index (χ2v) is 5.51. The minimum absolute atomic E-state index is 0.0312. The van der Waals surface area contributed by atoms with Crippen molar-refractivity contribution >= 4 is 16.7 Å². The zero-order valence-electron chi connectivity index (χ0n) is 9.97. The molecule has 0 radical (unpaired) electrons. The molecule has 0 aliphatic heterocycles. The molecule has 1 aromatic carbocycles. The fraction of sp³-hybridized carbons (Fsp3) is 0.417. The van der Waals surface area contributed by atoms with Gasteiger partial charge in [0.2, 0.25) is 0 Å².